The lowest BCUT2D eigenvalue weighted by Gasteiger charge is -2.14. The molecule has 0 aromatic heterocycles. The van der Waals surface area contributed by atoms with E-state index in [0.717, 1.165) is 12.5 Å². The second kappa shape index (κ2) is 6.45. The molecule has 1 unspecified atom stereocenters. The van der Waals surface area contributed by atoms with Gasteiger partial charge in [0.05, 0.1) is 0 Å². The molecule has 0 radical (unpaired) electrons. The van der Waals surface area contributed by atoms with E-state index in [4.69, 9.17) is 11.6 Å². The van der Waals surface area contributed by atoms with Crippen LogP contribution in [0.3, 0.4) is 0 Å². The normalized spacial score (nSPS) is 12.2. The number of carbonyl (C=O) groups excluding carboxylic acids is 1. The van der Waals surface area contributed by atoms with E-state index in [9.17, 15) is 14.3 Å². The predicted octanol–water partition coefficient (Wildman–Crippen LogP) is 2.67. The van der Waals surface area contributed by atoms with Crippen molar-refractivity contribution in [1.29, 1.82) is 0 Å². The molecule has 2 N–H and O–H groups in total. The van der Waals surface area contributed by atoms with Crippen LogP contribution >= 0.6 is 11.6 Å². The van der Waals surface area contributed by atoms with Crippen molar-refractivity contribution in [1.82, 2.24) is 5.32 Å². The maximum absolute atomic E-state index is 13.4. The number of hydrogen-bond acceptors (Lipinski definition) is 2. The molecule has 1 rings (SSSR count). The largest absolute Gasteiger partial charge is 0.507 e. The number of nitrogens with one attached hydrogen (secondary N) is 1. The van der Waals surface area contributed by atoms with Gasteiger partial charge in [-0.15, -0.1) is 11.6 Å². The molecule has 17 heavy (non-hydrogen) atoms. The highest BCUT2D eigenvalue weighted by atomic mass is 35.5. The Morgan fingerprint density at radius 3 is 2.88 bits per heavy atom. The first kappa shape index (κ1) is 13.8. The summed E-state index contributed by atoms with van der Waals surface area (Å²) >= 11 is 5.54. The molecule has 0 heterocycles. The molecule has 1 atom stereocenters. The van der Waals surface area contributed by atoms with Gasteiger partial charge in [-0.25, -0.2) is 4.39 Å². The first-order valence-corrected chi connectivity index (χ1v) is 5.94. The molecule has 1 aromatic carbocycles. The fourth-order valence-electron chi connectivity index (χ4n) is 1.49. The summed E-state index contributed by atoms with van der Waals surface area (Å²) in [5.41, 5.74) is -0.315. The average Bonchev–Trinajstić information content (AvgIpc) is 2.26. The molecule has 0 aliphatic rings. The molecule has 0 saturated carbocycles. The maximum Gasteiger partial charge on any atom is 0.258 e. The Bertz CT molecular complexity index is 378. The van der Waals surface area contributed by atoms with Crippen molar-refractivity contribution in [2.24, 2.45) is 0 Å². The van der Waals surface area contributed by atoms with E-state index in [-0.39, 0.29) is 17.4 Å². The second-order valence-electron chi connectivity index (χ2n) is 3.84. The summed E-state index contributed by atoms with van der Waals surface area (Å²) in [6, 6.07) is 3.65. The van der Waals surface area contributed by atoms with Gasteiger partial charge in [-0.1, -0.05) is 6.07 Å². The molecule has 0 spiro atoms. The van der Waals surface area contributed by atoms with E-state index < -0.39 is 11.7 Å². The van der Waals surface area contributed by atoms with Crippen LogP contribution < -0.4 is 5.32 Å². The van der Waals surface area contributed by atoms with Crippen LogP contribution in [0.2, 0.25) is 0 Å². The van der Waals surface area contributed by atoms with Crippen molar-refractivity contribution in [3.8, 4) is 5.75 Å². The first-order chi connectivity index (χ1) is 8.06. The lowest BCUT2D eigenvalue weighted by Crippen LogP contribution is -2.33. The summed E-state index contributed by atoms with van der Waals surface area (Å²) in [6.07, 6.45) is 1.48. The Balaban J connectivity index is 2.70. The van der Waals surface area contributed by atoms with E-state index >= 15 is 0 Å². The van der Waals surface area contributed by atoms with E-state index in [1.165, 1.54) is 12.1 Å². The van der Waals surface area contributed by atoms with Gasteiger partial charge in [0.1, 0.15) is 17.1 Å². The fourth-order valence-corrected chi connectivity index (χ4v) is 1.64. The van der Waals surface area contributed by atoms with Crippen LogP contribution in [0.5, 0.6) is 5.75 Å². The molecule has 0 saturated heterocycles. The number of aromatic hydroxyl groups is 1. The van der Waals surface area contributed by atoms with Crippen molar-refractivity contribution in [3.05, 3.63) is 29.6 Å². The quantitative estimate of drug-likeness (QED) is 0.799. The summed E-state index contributed by atoms with van der Waals surface area (Å²) in [5.74, 6) is -1.17. The van der Waals surface area contributed by atoms with Crippen LogP contribution in [0, 0.1) is 5.82 Å². The van der Waals surface area contributed by atoms with Gasteiger partial charge in [-0.05, 0) is 31.9 Å². The molecule has 5 heteroatoms. The van der Waals surface area contributed by atoms with Crippen molar-refractivity contribution in [3.63, 3.8) is 0 Å². The molecule has 0 aliphatic carbocycles. The average molecular weight is 260 g/mol. The highest BCUT2D eigenvalue weighted by molar-refractivity contribution is 6.17. The summed E-state index contributed by atoms with van der Waals surface area (Å²) in [7, 11) is 0. The number of benzene rings is 1. The van der Waals surface area contributed by atoms with Crippen LogP contribution in [0.15, 0.2) is 18.2 Å². The summed E-state index contributed by atoms with van der Waals surface area (Å²) in [4.78, 5) is 11.7. The van der Waals surface area contributed by atoms with Crippen molar-refractivity contribution >= 4 is 17.5 Å². The van der Waals surface area contributed by atoms with E-state index in [2.05, 4.69) is 5.32 Å². The minimum absolute atomic E-state index is 0.111. The van der Waals surface area contributed by atoms with E-state index in [1.54, 1.807) is 0 Å². The zero-order valence-corrected chi connectivity index (χ0v) is 10.3. The summed E-state index contributed by atoms with van der Waals surface area (Å²) in [5, 5.41) is 12.0. The van der Waals surface area contributed by atoms with Gasteiger partial charge in [0.15, 0.2) is 0 Å². The Morgan fingerprint density at radius 1 is 1.59 bits per heavy atom. The van der Waals surface area contributed by atoms with Crippen molar-refractivity contribution in [2.75, 3.05) is 5.88 Å². The lowest BCUT2D eigenvalue weighted by molar-refractivity contribution is 0.0931. The van der Waals surface area contributed by atoms with Crippen LogP contribution in [0.25, 0.3) is 0 Å². The van der Waals surface area contributed by atoms with Gasteiger partial charge in [-0.2, -0.15) is 0 Å². The topological polar surface area (TPSA) is 49.3 Å². The SMILES string of the molecule is CC(CCCCl)NC(=O)c1c(O)cccc1F. The molecular formula is C12H15ClFNO2. The molecule has 0 bridgehead atoms. The molecule has 3 nitrogen and oxygen atoms in total. The predicted molar refractivity (Wildman–Crippen MR) is 64.9 cm³/mol. The van der Waals surface area contributed by atoms with Gasteiger partial charge in [-0.3, -0.25) is 4.79 Å². The number of carbonyl (C=O) groups is 1. The maximum atomic E-state index is 13.4. The van der Waals surface area contributed by atoms with Crippen molar-refractivity contribution in [2.45, 2.75) is 25.8 Å². The highest BCUT2D eigenvalue weighted by Gasteiger charge is 2.17. The van der Waals surface area contributed by atoms with Crippen molar-refractivity contribution < 1.29 is 14.3 Å². The number of phenols is 1. The second-order valence-corrected chi connectivity index (χ2v) is 4.22. The van der Waals surface area contributed by atoms with Crippen LogP contribution in [0.1, 0.15) is 30.1 Å². The van der Waals surface area contributed by atoms with Gasteiger partial charge in [0.2, 0.25) is 0 Å². The third kappa shape index (κ3) is 3.89. The van der Waals surface area contributed by atoms with E-state index in [0.29, 0.717) is 12.3 Å². The molecule has 1 aromatic rings. The Labute approximate surface area is 105 Å². The number of halogens is 2. The molecule has 94 valence electrons. The standard InChI is InChI=1S/C12H15ClFNO2/c1-8(4-3-7-13)15-12(17)11-9(14)5-2-6-10(11)16/h2,5-6,8,16H,3-4,7H2,1H3,(H,15,17). The molecule has 1 amide bonds. The zero-order chi connectivity index (χ0) is 12.8. The first-order valence-electron chi connectivity index (χ1n) is 5.40. The number of amides is 1. The summed E-state index contributed by atoms with van der Waals surface area (Å²) in [6.45, 7) is 1.81. The third-order valence-corrected chi connectivity index (χ3v) is 2.63. The zero-order valence-electron chi connectivity index (χ0n) is 9.54. The molecule has 0 fully saturated rings. The Hall–Kier alpha value is -1.29. The Morgan fingerprint density at radius 2 is 2.29 bits per heavy atom. The Kier molecular flexibility index (Phi) is 5.22. The minimum atomic E-state index is -0.730. The number of phenolic OH excluding ortho intramolecular Hbond substituents is 1. The van der Waals surface area contributed by atoms with Gasteiger partial charge in [0, 0.05) is 11.9 Å². The number of alkyl halides is 1. The fraction of sp³-hybridized carbons (Fsp3) is 0.417. The molecular weight excluding hydrogens is 245 g/mol. The summed E-state index contributed by atoms with van der Waals surface area (Å²) < 4.78 is 13.4. The lowest BCUT2D eigenvalue weighted by atomic mass is 10.1. The van der Waals surface area contributed by atoms with E-state index in [1.807, 2.05) is 6.92 Å². The third-order valence-electron chi connectivity index (χ3n) is 2.37. The van der Waals surface area contributed by atoms with Crippen LogP contribution in [-0.4, -0.2) is 22.9 Å². The highest BCUT2D eigenvalue weighted by Crippen LogP contribution is 2.19. The van der Waals surface area contributed by atoms with Gasteiger partial charge < -0.3 is 10.4 Å². The monoisotopic (exact) mass is 259 g/mol. The van der Waals surface area contributed by atoms with Gasteiger partial charge >= 0.3 is 0 Å². The minimum Gasteiger partial charge on any atom is -0.507 e. The smallest absolute Gasteiger partial charge is 0.258 e. The van der Waals surface area contributed by atoms with Gasteiger partial charge in [0.25, 0.3) is 5.91 Å². The van der Waals surface area contributed by atoms with Crippen LogP contribution in [0.4, 0.5) is 4.39 Å². The molecule has 0 aliphatic heterocycles. The van der Waals surface area contributed by atoms with Crippen LogP contribution in [-0.2, 0) is 0 Å². The number of rotatable bonds is 5. The number of hydrogen-bond donors (Lipinski definition) is 2.